The number of nitrogens with zero attached hydrogens (tertiary/aromatic N) is 2. The minimum Gasteiger partial charge on any atom is -0.542 e. The van der Waals surface area contributed by atoms with Crippen molar-refractivity contribution in [3.05, 3.63) is 114 Å². The summed E-state index contributed by atoms with van der Waals surface area (Å²) < 4.78 is 118. The van der Waals surface area contributed by atoms with Crippen LogP contribution < -0.4 is 25.1 Å². The number of aromatic hydroxyl groups is 1. The average Bonchev–Trinajstić information content (AvgIpc) is 3.13. The number of alkyl halides is 6. The molecule has 0 radical (unpaired) electrons. The number of ether oxygens (including phenoxy) is 1. The topological polar surface area (TPSA) is 188 Å². The van der Waals surface area contributed by atoms with Crippen molar-refractivity contribution in [2.24, 2.45) is 5.73 Å². The number of phenolic OH excluding ortho intramolecular Hbond substituents is 1. The maximum atomic E-state index is 14.1. The first-order chi connectivity index (χ1) is 27.4. The lowest BCUT2D eigenvalue weighted by Gasteiger charge is -2.46. The molecule has 1 heterocycles. The van der Waals surface area contributed by atoms with Gasteiger partial charge in [0, 0.05) is 17.7 Å². The molecule has 0 spiro atoms. The van der Waals surface area contributed by atoms with E-state index in [9.17, 15) is 53.8 Å². The van der Waals surface area contributed by atoms with Crippen molar-refractivity contribution >= 4 is 33.7 Å². The molecule has 0 aliphatic carbocycles. The highest BCUT2D eigenvalue weighted by Crippen LogP contribution is 2.29. The van der Waals surface area contributed by atoms with E-state index in [1.54, 1.807) is 24.3 Å². The smallest absolute Gasteiger partial charge is 0.542 e. The lowest BCUT2D eigenvalue weighted by molar-refractivity contribution is -0.928. The van der Waals surface area contributed by atoms with Crippen LogP contribution >= 0.6 is 0 Å². The molecular weight excluding hydrogens is 821 g/mol. The number of carbonyl (C=O) groups excluding carboxylic acids is 3. The van der Waals surface area contributed by atoms with E-state index in [0.29, 0.717) is 29.6 Å². The number of phenols is 1. The zero-order valence-electron chi connectivity index (χ0n) is 30.9. The molecule has 318 valence electrons. The maximum absolute atomic E-state index is 14.1. The van der Waals surface area contributed by atoms with Crippen LogP contribution in [0.15, 0.2) is 102 Å². The molecule has 3 amide bonds. The fourth-order valence-electron chi connectivity index (χ4n) is 6.32. The van der Waals surface area contributed by atoms with Crippen molar-refractivity contribution in [3.63, 3.8) is 0 Å². The molecule has 0 saturated carbocycles. The summed E-state index contributed by atoms with van der Waals surface area (Å²) in [6.07, 6.45) is -8.79. The van der Waals surface area contributed by atoms with E-state index in [0.717, 1.165) is 42.8 Å². The number of likely N-dealkylation sites (N-methyl/N-ethyl adjacent to an activating group) is 1. The molecule has 0 aromatic heterocycles. The summed E-state index contributed by atoms with van der Waals surface area (Å²) in [5, 5.41) is 21.3. The highest BCUT2D eigenvalue weighted by Gasteiger charge is 2.41. The normalized spacial score (nSPS) is 17.4. The Morgan fingerprint density at radius 2 is 1.44 bits per heavy atom. The first-order valence-electron chi connectivity index (χ1n) is 17.4. The molecule has 4 aromatic carbocycles. The largest absolute Gasteiger partial charge is 0.573 e. The Morgan fingerprint density at radius 1 is 0.898 bits per heavy atom. The third-order valence-corrected chi connectivity index (χ3v) is 10.2. The number of likely N-dealkylation sites (tertiary alicyclic amines) is 1. The minimum atomic E-state index is -5.19. The van der Waals surface area contributed by atoms with Crippen LogP contribution in [-0.4, -0.2) is 85.6 Å². The van der Waals surface area contributed by atoms with Crippen LogP contribution in [-0.2, 0) is 32.7 Å². The van der Waals surface area contributed by atoms with E-state index in [4.69, 9.17) is 19.8 Å². The summed E-state index contributed by atoms with van der Waals surface area (Å²) in [6, 6.07) is 19.1. The number of amides is 3. The number of primary amides is 1. The van der Waals surface area contributed by atoms with Gasteiger partial charge in [-0.2, -0.15) is 21.6 Å². The van der Waals surface area contributed by atoms with Gasteiger partial charge in [0.05, 0.1) is 26.2 Å². The van der Waals surface area contributed by atoms with Crippen molar-refractivity contribution in [2.75, 3.05) is 25.5 Å². The number of nitrogens with two attached hydrogens (primary N) is 1. The Bertz CT molecular complexity index is 2170. The standard InChI is InChI=1S/C36H36F4N4O7S.C2HF3O2/c1-44(22-25-4-8-26(37)9-5-25)20-2-3-28(23-44)43(33(34(41)46)21-24-6-12-29(45)13-7-24)35(47)42-27-10-14-31(15-11-27)51-52(48,49)32-18-16-30(17-19-32)50-36(38,39)40;3-2(4,5)1(6)7/h4-19,28,33H,2-3,20-23H2,1H3,(H3-,41,42,45,46,47);(H,6,7)/t28-,33-,44?;/m0./s1. The van der Waals surface area contributed by atoms with Gasteiger partial charge in [0.2, 0.25) is 5.91 Å². The zero-order valence-corrected chi connectivity index (χ0v) is 31.7. The van der Waals surface area contributed by atoms with Crippen molar-refractivity contribution < 1.29 is 77.2 Å². The predicted octanol–water partition coefficient (Wildman–Crippen LogP) is 5.24. The quantitative estimate of drug-likeness (QED) is 0.0974. The van der Waals surface area contributed by atoms with Gasteiger partial charge in [-0.25, -0.2) is 9.18 Å². The van der Waals surface area contributed by atoms with Gasteiger partial charge in [0.25, 0.3) is 0 Å². The molecule has 13 nitrogen and oxygen atoms in total. The summed E-state index contributed by atoms with van der Waals surface area (Å²) in [4.78, 5) is 37.0. The van der Waals surface area contributed by atoms with E-state index < -0.39 is 63.3 Å². The Morgan fingerprint density at radius 3 is 1.97 bits per heavy atom. The lowest BCUT2D eigenvalue weighted by Crippen LogP contribution is -2.62. The number of piperidine rings is 1. The Labute approximate surface area is 333 Å². The van der Waals surface area contributed by atoms with Gasteiger partial charge in [-0.15, -0.1) is 13.2 Å². The van der Waals surface area contributed by atoms with Crippen molar-refractivity contribution in [1.82, 2.24) is 4.90 Å². The van der Waals surface area contributed by atoms with Crippen LogP contribution in [0.3, 0.4) is 0 Å². The fraction of sp³-hybridized carbons (Fsp3) is 0.289. The number of hydrogen-bond acceptors (Lipinski definition) is 9. The molecule has 1 fully saturated rings. The molecular formula is C38H37F7N4O9S. The number of benzene rings is 4. The van der Waals surface area contributed by atoms with Crippen LogP contribution in [0.1, 0.15) is 24.0 Å². The van der Waals surface area contributed by atoms with Gasteiger partial charge in [0.1, 0.15) is 46.5 Å². The Kier molecular flexibility index (Phi) is 14.4. The zero-order chi connectivity index (χ0) is 43.8. The third-order valence-electron chi connectivity index (χ3n) is 8.91. The molecule has 1 aliphatic heterocycles. The molecule has 21 heteroatoms. The van der Waals surface area contributed by atoms with Gasteiger partial charge in [0.15, 0.2) is 0 Å². The van der Waals surface area contributed by atoms with Crippen molar-refractivity contribution in [2.45, 2.75) is 55.3 Å². The number of quaternary nitrogens is 1. The number of rotatable bonds is 12. The molecule has 0 bridgehead atoms. The highest BCUT2D eigenvalue weighted by atomic mass is 32.2. The highest BCUT2D eigenvalue weighted by molar-refractivity contribution is 7.87. The van der Waals surface area contributed by atoms with E-state index in [2.05, 4.69) is 10.1 Å². The molecule has 3 atom stereocenters. The van der Waals surface area contributed by atoms with Gasteiger partial charge >= 0.3 is 28.7 Å². The number of carboxylic acids is 1. The van der Waals surface area contributed by atoms with E-state index >= 15 is 0 Å². The lowest BCUT2D eigenvalue weighted by atomic mass is 9.96. The average molecular weight is 859 g/mol. The molecule has 59 heavy (non-hydrogen) atoms. The summed E-state index contributed by atoms with van der Waals surface area (Å²) >= 11 is 0. The fourth-order valence-corrected chi connectivity index (χ4v) is 7.25. The van der Waals surface area contributed by atoms with Gasteiger partial charge in [-0.3, -0.25) is 4.79 Å². The van der Waals surface area contributed by atoms with Crippen LogP contribution in [0.4, 0.5) is 41.2 Å². The summed E-state index contributed by atoms with van der Waals surface area (Å²) in [7, 11) is -2.42. The van der Waals surface area contributed by atoms with Crippen LogP contribution in [0.5, 0.6) is 17.2 Å². The van der Waals surface area contributed by atoms with Crippen molar-refractivity contribution in [3.8, 4) is 17.2 Å². The summed E-state index contributed by atoms with van der Waals surface area (Å²) in [6.45, 7) is 1.79. The van der Waals surface area contributed by atoms with Crippen LogP contribution in [0, 0.1) is 5.82 Å². The SMILES string of the molecule is C[N+]1(Cc2ccc(F)cc2)CCC[C@H](N(C(=O)Nc2ccc(OS(=O)(=O)c3ccc(OC(F)(F)F)cc3)cc2)[C@@H](Cc2ccc(O)cc2)C(N)=O)C1.O=C([O-])C(F)(F)F. The number of urea groups is 1. The molecule has 5 rings (SSSR count). The minimum absolute atomic E-state index is 0.0313. The molecule has 1 unspecified atom stereocenters. The summed E-state index contributed by atoms with van der Waals surface area (Å²) in [5.41, 5.74) is 7.74. The van der Waals surface area contributed by atoms with Crippen LogP contribution in [0.25, 0.3) is 0 Å². The first-order valence-corrected chi connectivity index (χ1v) is 18.8. The van der Waals surface area contributed by atoms with Gasteiger partial charge in [-0.05, 0) is 91.2 Å². The Hall–Kier alpha value is -6.09. The predicted molar refractivity (Wildman–Crippen MR) is 193 cm³/mol. The summed E-state index contributed by atoms with van der Waals surface area (Å²) in [5.74, 6) is -4.82. The second kappa shape index (κ2) is 18.7. The number of aliphatic carboxylic acids is 1. The maximum Gasteiger partial charge on any atom is 0.573 e. The number of hydrogen-bond donors (Lipinski definition) is 3. The molecule has 1 aliphatic rings. The number of halogens is 7. The van der Waals surface area contributed by atoms with E-state index in [1.165, 1.54) is 53.4 Å². The van der Waals surface area contributed by atoms with E-state index in [1.807, 2.05) is 7.05 Å². The van der Waals surface area contributed by atoms with Gasteiger partial charge in [-0.1, -0.05) is 24.3 Å². The molecule has 4 N–H and O–H groups in total. The van der Waals surface area contributed by atoms with Crippen molar-refractivity contribution in [1.29, 1.82) is 0 Å². The molecule has 1 saturated heterocycles. The third kappa shape index (κ3) is 13.8. The van der Waals surface area contributed by atoms with Gasteiger partial charge < -0.3 is 44.4 Å². The number of carboxylic acid groups (broad SMARTS) is 1. The van der Waals surface area contributed by atoms with Crippen LogP contribution in [0.2, 0.25) is 0 Å². The number of anilines is 1. The second-order valence-electron chi connectivity index (χ2n) is 13.6. The number of nitrogens with one attached hydrogen (secondary N) is 1. The molecule has 4 aromatic rings. The van der Waals surface area contributed by atoms with E-state index in [-0.39, 0.29) is 29.4 Å². The Balaban J connectivity index is 0.00000101. The monoisotopic (exact) mass is 858 g/mol. The number of carbonyl (C=O) groups is 3. The first kappa shape index (κ1) is 45.6. The second-order valence-corrected chi connectivity index (χ2v) is 15.1.